The monoisotopic (exact) mass is 558 g/mol. The third-order valence-electron chi connectivity index (χ3n) is 6.81. The Morgan fingerprint density at radius 2 is 1.15 bits per heavy atom. The summed E-state index contributed by atoms with van der Waals surface area (Å²) in [4.78, 5) is 1.02. The lowest BCUT2D eigenvalue weighted by Gasteiger charge is -2.43. The van der Waals surface area contributed by atoms with Crippen LogP contribution in [0, 0.1) is 6.92 Å². The van der Waals surface area contributed by atoms with Gasteiger partial charge in [0.25, 0.3) is 0 Å². The first-order valence-electron chi connectivity index (χ1n) is 13.6. The van der Waals surface area contributed by atoms with Crippen LogP contribution in [0.5, 0.6) is 0 Å². The molecule has 1 heterocycles. The van der Waals surface area contributed by atoms with E-state index in [2.05, 4.69) is 31.2 Å². The summed E-state index contributed by atoms with van der Waals surface area (Å²) in [5.41, 5.74) is 3.69. The predicted molar refractivity (Wildman–Crippen MR) is 157 cm³/mol. The van der Waals surface area contributed by atoms with Crippen molar-refractivity contribution in [2.75, 3.05) is 6.61 Å². The first-order chi connectivity index (χ1) is 19.7. The van der Waals surface area contributed by atoms with E-state index in [1.807, 2.05) is 91.0 Å². The first-order valence-corrected chi connectivity index (χ1v) is 14.5. The minimum atomic E-state index is -1.44. The molecule has 5 atom stereocenters. The number of alkyl halides is 1. The van der Waals surface area contributed by atoms with Crippen LogP contribution in [0.2, 0.25) is 0 Å². The summed E-state index contributed by atoms with van der Waals surface area (Å²) < 4.78 is 41.4. The van der Waals surface area contributed by atoms with Gasteiger partial charge in [0.05, 0.1) is 26.4 Å². The molecule has 0 aromatic heterocycles. The van der Waals surface area contributed by atoms with Crippen LogP contribution in [0.3, 0.4) is 0 Å². The minimum Gasteiger partial charge on any atom is -0.374 e. The Bertz CT molecular complexity index is 1270. The lowest BCUT2D eigenvalue weighted by molar-refractivity contribution is -0.224. The number of rotatable bonds is 12. The quantitative estimate of drug-likeness (QED) is 0.180. The number of aryl methyl sites for hydroxylation is 1. The number of thioether (sulfide) groups is 1. The molecule has 1 aliphatic rings. The fourth-order valence-electron chi connectivity index (χ4n) is 4.61. The van der Waals surface area contributed by atoms with Gasteiger partial charge in [-0.1, -0.05) is 120 Å². The molecule has 0 N–H and O–H groups in total. The Kier molecular flexibility index (Phi) is 10.4. The number of hydrogen-bond donors (Lipinski definition) is 0. The van der Waals surface area contributed by atoms with Crippen LogP contribution in [0.4, 0.5) is 4.39 Å². The molecule has 0 amide bonds. The summed E-state index contributed by atoms with van der Waals surface area (Å²) in [6, 6.07) is 37.8. The lowest BCUT2D eigenvalue weighted by atomic mass is 10.0. The first kappa shape index (κ1) is 28.5. The summed E-state index contributed by atoms with van der Waals surface area (Å²) >= 11 is 1.53. The summed E-state index contributed by atoms with van der Waals surface area (Å²) in [6.07, 6.45) is -3.72. The van der Waals surface area contributed by atoms with Gasteiger partial charge in [-0.3, -0.25) is 0 Å². The summed E-state index contributed by atoms with van der Waals surface area (Å²) in [7, 11) is 0. The van der Waals surface area contributed by atoms with Crippen molar-refractivity contribution in [1.29, 1.82) is 0 Å². The number of ether oxygens (including phenoxy) is 4. The second-order valence-corrected chi connectivity index (χ2v) is 11.1. The third-order valence-corrected chi connectivity index (χ3v) is 7.96. The molecule has 0 saturated carbocycles. The third kappa shape index (κ3) is 8.03. The average molecular weight is 559 g/mol. The van der Waals surface area contributed by atoms with Gasteiger partial charge in [0.2, 0.25) is 0 Å². The van der Waals surface area contributed by atoms with E-state index in [9.17, 15) is 0 Å². The molecule has 0 spiro atoms. The molecular formula is C34H35FO4S. The molecule has 208 valence electrons. The SMILES string of the molecule is Cc1ccc(S[C@@H]2O[C@H](COCc3ccccc3)[C@@H](F)[C@H](OCc3ccccc3)[C@H]2OCc2ccccc2)cc1. The molecule has 5 rings (SSSR count). The Morgan fingerprint density at radius 1 is 0.650 bits per heavy atom. The van der Waals surface area contributed by atoms with Gasteiger partial charge in [-0.2, -0.15) is 0 Å². The molecule has 0 aliphatic carbocycles. The van der Waals surface area contributed by atoms with Crippen LogP contribution in [-0.4, -0.2) is 36.5 Å². The second kappa shape index (κ2) is 14.6. The van der Waals surface area contributed by atoms with E-state index in [0.717, 1.165) is 21.6 Å². The maximum atomic E-state index is 16.3. The van der Waals surface area contributed by atoms with Crippen LogP contribution >= 0.6 is 11.8 Å². The van der Waals surface area contributed by atoms with Crippen molar-refractivity contribution in [3.63, 3.8) is 0 Å². The largest absolute Gasteiger partial charge is 0.374 e. The summed E-state index contributed by atoms with van der Waals surface area (Å²) in [5.74, 6) is 0. The van der Waals surface area contributed by atoms with E-state index in [4.69, 9.17) is 18.9 Å². The Labute approximate surface area is 240 Å². The zero-order chi connectivity index (χ0) is 27.6. The van der Waals surface area contributed by atoms with Gasteiger partial charge in [0.1, 0.15) is 23.7 Å². The minimum absolute atomic E-state index is 0.109. The van der Waals surface area contributed by atoms with Crippen molar-refractivity contribution in [2.45, 2.75) is 61.6 Å². The van der Waals surface area contributed by atoms with Crippen molar-refractivity contribution in [3.05, 3.63) is 138 Å². The van der Waals surface area contributed by atoms with E-state index < -0.39 is 29.9 Å². The van der Waals surface area contributed by atoms with Crippen molar-refractivity contribution >= 4 is 11.8 Å². The topological polar surface area (TPSA) is 36.9 Å². The van der Waals surface area contributed by atoms with Gasteiger partial charge >= 0.3 is 0 Å². The van der Waals surface area contributed by atoms with E-state index in [-0.39, 0.29) is 13.2 Å². The fourth-order valence-corrected chi connectivity index (χ4v) is 5.74. The van der Waals surface area contributed by atoms with Gasteiger partial charge in [-0.05, 0) is 35.7 Å². The van der Waals surface area contributed by atoms with Crippen molar-refractivity contribution in [3.8, 4) is 0 Å². The Balaban J connectivity index is 1.37. The van der Waals surface area contributed by atoms with Crippen molar-refractivity contribution in [2.24, 2.45) is 0 Å². The van der Waals surface area contributed by atoms with Crippen LogP contribution in [0.25, 0.3) is 0 Å². The van der Waals surface area contributed by atoms with Gasteiger partial charge in [-0.25, -0.2) is 4.39 Å². The van der Waals surface area contributed by atoms with E-state index in [1.165, 1.54) is 17.3 Å². The normalized spacial score (nSPS) is 22.7. The molecule has 4 nitrogen and oxygen atoms in total. The molecular weight excluding hydrogens is 523 g/mol. The molecule has 0 radical (unpaired) electrons. The number of hydrogen-bond acceptors (Lipinski definition) is 5. The van der Waals surface area contributed by atoms with E-state index >= 15 is 4.39 Å². The van der Waals surface area contributed by atoms with Gasteiger partial charge in [0, 0.05) is 4.90 Å². The van der Waals surface area contributed by atoms with E-state index in [0.29, 0.717) is 13.2 Å². The standard InChI is InChI=1S/C34H35FO4S/c1-25-17-19-29(20-18-25)40-34-33(38-23-28-15-9-4-10-16-28)32(37-22-27-13-7-3-8-14-27)31(35)30(39-34)24-36-21-26-11-5-2-6-12-26/h2-20,30-34H,21-24H2,1H3/t30-,31-,32+,33-,34+/m1/s1. The maximum Gasteiger partial charge on any atom is 0.157 e. The molecule has 1 fully saturated rings. The molecule has 4 aromatic rings. The molecule has 0 bridgehead atoms. The molecule has 4 aromatic carbocycles. The van der Waals surface area contributed by atoms with Gasteiger partial charge in [0.15, 0.2) is 6.17 Å². The fraction of sp³-hybridized carbons (Fsp3) is 0.294. The summed E-state index contributed by atoms with van der Waals surface area (Å²) in [5, 5.41) is 0. The maximum absolute atomic E-state index is 16.3. The van der Waals surface area contributed by atoms with Gasteiger partial charge in [-0.15, -0.1) is 0 Å². The van der Waals surface area contributed by atoms with Crippen molar-refractivity contribution in [1.82, 2.24) is 0 Å². The highest BCUT2D eigenvalue weighted by Gasteiger charge is 2.48. The highest BCUT2D eigenvalue weighted by atomic mass is 32.2. The molecule has 6 heteroatoms. The van der Waals surface area contributed by atoms with Crippen LogP contribution < -0.4 is 0 Å². The molecule has 1 saturated heterocycles. The lowest BCUT2D eigenvalue weighted by Crippen LogP contribution is -2.57. The molecule has 1 aliphatic heterocycles. The number of benzene rings is 4. The summed E-state index contributed by atoms with van der Waals surface area (Å²) in [6.45, 7) is 3.15. The Morgan fingerprint density at radius 3 is 1.70 bits per heavy atom. The second-order valence-electron chi connectivity index (χ2n) is 9.94. The van der Waals surface area contributed by atoms with Crippen molar-refractivity contribution < 1.29 is 23.3 Å². The van der Waals surface area contributed by atoms with Crippen LogP contribution in [-0.2, 0) is 38.8 Å². The zero-order valence-electron chi connectivity index (χ0n) is 22.6. The number of halogens is 1. The van der Waals surface area contributed by atoms with Gasteiger partial charge < -0.3 is 18.9 Å². The van der Waals surface area contributed by atoms with Crippen LogP contribution in [0.15, 0.2) is 120 Å². The highest BCUT2D eigenvalue weighted by molar-refractivity contribution is 7.99. The molecule has 0 unspecified atom stereocenters. The predicted octanol–water partition coefficient (Wildman–Crippen LogP) is 7.54. The zero-order valence-corrected chi connectivity index (χ0v) is 23.4. The average Bonchev–Trinajstić information content (AvgIpc) is 3.00. The van der Waals surface area contributed by atoms with Crippen LogP contribution in [0.1, 0.15) is 22.3 Å². The smallest absolute Gasteiger partial charge is 0.157 e. The molecule has 40 heavy (non-hydrogen) atoms. The Hall–Kier alpha value is -3.00. The highest BCUT2D eigenvalue weighted by Crippen LogP contribution is 2.38. The van der Waals surface area contributed by atoms with E-state index in [1.54, 1.807) is 0 Å².